The molecule has 0 amide bonds. The van der Waals surface area contributed by atoms with Crippen LogP contribution in [0.5, 0.6) is 0 Å². The molecule has 0 atom stereocenters. The average molecular weight is 649 g/mol. The summed E-state index contributed by atoms with van der Waals surface area (Å²) in [7, 11) is 4.56. The summed E-state index contributed by atoms with van der Waals surface area (Å²) in [5, 5.41) is 0. The van der Waals surface area contributed by atoms with Crippen molar-refractivity contribution in [3.8, 4) is 0 Å². The van der Waals surface area contributed by atoms with Gasteiger partial charge in [0.1, 0.15) is 0 Å². The molecule has 0 aromatic carbocycles. The van der Waals surface area contributed by atoms with E-state index in [0.29, 0.717) is 0 Å². The normalized spacial score (nSPS) is 12.0. The molecule has 43 heavy (non-hydrogen) atoms. The van der Waals surface area contributed by atoms with Crippen molar-refractivity contribution in [3.63, 3.8) is 0 Å². The summed E-state index contributed by atoms with van der Waals surface area (Å²) in [6.07, 6.45) is 36.2. The molecule has 0 unspecified atom stereocenters. The van der Waals surface area contributed by atoms with Crippen molar-refractivity contribution >= 4 is 17.4 Å². The van der Waals surface area contributed by atoms with Gasteiger partial charge in [-0.2, -0.15) is 0 Å². The second-order valence-electron chi connectivity index (χ2n) is 12.8. The van der Waals surface area contributed by atoms with Crippen molar-refractivity contribution in [1.82, 2.24) is 0 Å². The molecule has 0 aromatic rings. The van der Waals surface area contributed by atoms with E-state index in [1.54, 1.807) is 35.5 Å². The summed E-state index contributed by atoms with van der Waals surface area (Å²) in [4.78, 5) is 0. The maximum atomic E-state index is 5.49. The average Bonchev–Trinajstić information content (AvgIpc) is 3.04. The van der Waals surface area contributed by atoms with E-state index in [-0.39, 0.29) is 0 Å². The third-order valence-electron chi connectivity index (χ3n) is 9.12. The highest BCUT2D eigenvalue weighted by atomic mass is 28.4. The lowest BCUT2D eigenvalue weighted by molar-refractivity contribution is 0.122. The number of rotatable bonds is 33. The van der Waals surface area contributed by atoms with Crippen LogP contribution in [0.2, 0.25) is 18.6 Å². The highest BCUT2D eigenvalue weighted by Crippen LogP contribution is 2.20. The van der Waals surface area contributed by atoms with Crippen LogP contribution in [0.3, 0.4) is 0 Å². The Bertz CT molecular complexity index is 508. The Balaban J connectivity index is 0. The van der Waals surface area contributed by atoms with Gasteiger partial charge in [-0.15, -0.1) is 0 Å². The van der Waals surface area contributed by atoms with Gasteiger partial charge in [-0.3, -0.25) is 0 Å². The highest BCUT2D eigenvalue weighted by molar-refractivity contribution is 6.65. The van der Waals surface area contributed by atoms with Gasteiger partial charge in [-0.1, -0.05) is 174 Å². The molecule has 0 rings (SSSR count). The lowest BCUT2D eigenvalue weighted by Gasteiger charge is -2.24. The van der Waals surface area contributed by atoms with E-state index in [2.05, 4.69) is 20.4 Å². The fourth-order valence-corrected chi connectivity index (χ4v) is 8.93. The molecule has 0 N–H and O–H groups in total. The first-order valence-corrected chi connectivity index (χ1v) is 23.1. The summed E-state index contributed by atoms with van der Waals surface area (Å²) in [5.41, 5.74) is 0. The number of unbranched alkanes of at least 4 members (excludes halogenated alkanes) is 24. The Kier molecular flexibility index (Phi) is 37.0. The van der Waals surface area contributed by atoms with E-state index >= 15 is 0 Å². The molecule has 0 aromatic heterocycles. The lowest BCUT2D eigenvalue weighted by atomic mass is 10.0. The molecule has 5 nitrogen and oxygen atoms in total. The molecule has 0 saturated heterocycles. The van der Waals surface area contributed by atoms with Crippen molar-refractivity contribution in [2.75, 3.05) is 35.5 Å². The fourth-order valence-electron chi connectivity index (χ4n) is 5.67. The van der Waals surface area contributed by atoms with Gasteiger partial charge in [0, 0.05) is 41.6 Å². The van der Waals surface area contributed by atoms with Crippen LogP contribution in [0.4, 0.5) is 0 Å². The van der Waals surface area contributed by atoms with E-state index in [1.807, 2.05) is 0 Å². The zero-order chi connectivity index (χ0) is 32.3. The Labute approximate surface area is 273 Å². The van der Waals surface area contributed by atoms with Crippen molar-refractivity contribution in [2.24, 2.45) is 0 Å². The minimum absolute atomic E-state index is 0.939. The van der Waals surface area contributed by atoms with E-state index in [4.69, 9.17) is 22.1 Å². The van der Waals surface area contributed by atoms with Crippen LogP contribution in [0.1, 0.15) is 181 Å². The maximum absolute atomic E-state index is 5.49. The van der Waals surface area contributed by atoms with Crippen LogP contribution in [-0.2, 0) is 22.1 Å². The Morgan fingerprint density at radius 3 is 0.767 bits per heavy atom. The Hall–Kier alpha value is 0.234. The summed E-state index contributed by atoms with van der Waals surface area (Å²) in [5.74, 6) is 0. The van der Waals surface area contributed by atoms with Gasteiger partial charge < -0.3 is 22.1 Å². The van der Waals surface area contributed by atoms with E-state index in [1.165, 1.54) is 161 Å². The standard InChI is InChI=1S/C21H46O3Si.C15H34O2Si/c1-5-6-7-8-9-10-11-12-13-14-15-16-17-18-19-20-21-25(22-2,23-3)24-4;1-5-6-7-8-9-10-11-12-13-14-15-18(4,16-2)17-3/h5-21H2,1-4H3;5-15H2,1-4H3. The van der Waals surface area contributed by atoms with Crippen LogP contribution in [0.25, 0.3) is 0 Å². The topological polar surface area (TPSA) is 46.2 Å². The van der Waals surface area contributed by atoms with Crippen LogP contribution < -0.4 is 0 Å². The zero-order valence-corrected chi connectivity index (χ0v) is 32.8. The molecule has 0 spiro atoms. The summed E-state index contributed by atoms with van der Waals surface area (Å²) in [6, 6.07) is 2.07. The van der Waals surface area contributed by atoms with Gasteiger partial charge in [-0.25, -0.2) is 0 Å². The van der Waals surface area contributed by atoms with Crippen molar-refractivity contribution in [1.29, 1.82) is 0 Å². The zero-order valence-electron chi connectivity index (χ0n) is 30.8. The quantitative estimate of drug-likeness (QED) is 0.0523. The maximum Gasteiger partial charge on any atom is 0.500 e. The van der Waals surface area contributed by atoms with E-state index < -0.39 is 17.4 Å². The molecule has 0 aliphatic carbocycles. The predicted octanol–water partition coefficient (Wildman–Crippen LogP) is 12.4. The molecule has 0 aliphatic heterocycles. The first-order chi connectivity index (χ1) is 20.9. The third-order valence-corrected chi connectivity index (χ3v) is 14.9. The molecule has 0 heterocycles. The van der Waals surface area contributed by atoms with Crippen LogP contribution >= 0.6 is 0 Å². The van der Waals surface area contributed by atoms with Crippen molar-refractivity contribution < 1.29 is 22.1 Å². The monoisotopic (exact) mass is 649 g/mol. The minimum atomic E-state index is -2.32. The molecule has 7 heteroatoms. The number of hydrogen-bond acceptors (Lipinski definition) is 5. The Morgan fingerprint density at radius 2 is 0.535 bits per heavy atom. The van der Waals surface area contributed by atoms with Crippen molar-refractivity contribution in [2.45, 2.75) is 199 Å². The molecule has 0 fully saturated rings. The van der Waals surface area contributed by atoms with Gasteiger partial charge in [0.15, 0.2) is 0 Å². The van der Waals surface area contributed by atoms with E-state index in [0.717, 1.165) is 18.5 Å². The second-order valence-corrected chi connectivity index (χ2v) is 19.5. The molecule has 262 valence electrons. The van der Waals surface area contributed by atoms with Crippen molar-refractivity contribution in [3.05, 3.63) is 0 Å². The van der Waals surface area contributed by atoms with Gasteiger partial charge in [0.2, 0.25) is 0 Å². The third kappa shape index (κ3) is 30.6. The smallest absolute Gasteiger partial charge is 0.398 e. The number of hydrogen-bond donors (Lipinski definition) is 0. The van der Waals surface area contributed by atoms with E-state index in [9.17, 15) is 0 Å². The predicted molar refractivity (Wildman–Crippen MR) is 193 cm³/mol. The van der Waals surface area contributed by atoms with Gasteiger partial charge in [0.25, 0.3) is 0 Å². The first kappa shape index (κ1) is 45.4. The molecule has 0 aliphatic rings. The second kappa shape index (κ2) is 35.1. The van der Waals surface area contributed by atoms with Gasteiger partial charge in [0.05, 0.1) is 0 Å². The van der Waals surface area contributed by atoms with Gasteiger partial charge >= 0.3 is 17.4 Å². The van der Waals surface area contributed by atoms with Crippen LogP contribution in [0.15, 0.2) is 0 Å². The summed E-state index contributed by atoms with van der Waals surface area (Å²) in [6.45, 7) is 6.72. The van der Waals surface area contributed by atoms with Gasteiger partial charge in [-0.05, 0) is 19.0 Å². The lowest BCUT2D eigenvalue weighted by Crippen LogP contribution is -2.42. The molecule has 0 bridgehead atoms. The molecule has 0 saturated carbocycles. The molecule has 0 radical (unpaired) electrons. The summed E-state index contributed by atoms with van der Waals surface area (Å²) >= 11 is 0. The largest absolute Gasteiger partial charge is 0.500 e. The SMILES string of the molecule is CCCCCCCCCCCCCCCCCC[Si](OC)(OC)OC.CCCCCCCCCCCC[Si](C)(OC)OC. The van der Waals surface area contributed by atoms with Crippen LogP contribution in [-0.4, -0.2) is 52.9 Å². The fraction of sp³-hybridized carbons (Fsp3) is 1.00. The molecular formula is C36H80O5Si2. The first-order valence-electron chi connectivity index (χ1n) is 18.7. The summed E-state index contributed by atoms with van der Waals surface area (Å²) < 4.78 is 27.3. The molecular weight excluding hydrogens is 569 g/mol. The van der Waals surface area contributed by atoms with Crippen LogP contribution in [0, 0.1) is 0 Å². The minimum Gasteiger partial charge on any atom is -0.398 e. The Morgan fingerprint density at radius 1 is 0.302 bits per heavy atom. The highest BCUT2D eigenvalue weighted by Gasteiger charge is 2.36.